The Morgan fingerprint density at radius 1 is 0.480 bits per heavy atom. The van der Waals surface area contributed by atoms with Crippen molar-refractivity contribution in [1.29, 1.82) is 0 Å². The van der Waals surface area contributed by atoms with Crippen LogP contribution in [-0.2, 0) is 66.5 Å². The van der Waals surface area contributed by atoms with Gasteiger partial charge in [-0.1, -0.05) is 97.8 Å². The Kier molecular flexibility index (Phi) is 29.8. The van der Waals surface area contributed by atoms with Gasteiger partial charge in [0.1, 0.15) is 72.9 Å². The molecule has 0 amide bonds. The number of carbonyl (C=O) groups excluding carboxylic acids is 3. The smallest absolute Gasteiger partial charge is 0.306 e. The standard InChI is InChI=1S/C53H94O22/c1-8-11-13-14-15-18-21-25-34(26-22-19-16-17-20-24-30(4)55)70-52-47(42(62)40(60)35(28-54)71-52)74-53-49(75-51-44(64)46(65-27-12-9-2)39(59)32(6)68-51)48(73-37(57)23-10-3)45(69-33(7)56)36(72-53)29-66-50-43(63)41(61)38(58)31(5)67-50/h31-32,34-36,38-54,58-64H,8-29H2,1-7H3/t31-,32+,34-,35-,36-,38+,39+,40-,41+,42+,43+,44+,45-,46-,47-,48+,49-,50-,51+,52-,53+/m1/s1. The van der Waals surface area contributed by atoms with Gasteiger partial charge in [0.15, 0.2) is 43.5 Å². The first-order chi connectivity index (χ1) is 35.9. The maximum Gasteiger partial charge on any atom is 0.306 e. The molecule has 0 aromatic heterocycles. The van der Waals surface area contributed by atoms with Crippen LogP contribution in [-0.4, -0.2) is 207 Å². The quantitative estimate of drug-likeness (QED) is 0.0339. The number of rotatable bonds is 34. The van der Waals surface area contributed by atoms with Crippen molar-refractivity contribution in [2.24, 2.45) is 0 Å². The summed E-state index contributed by atoms with van der Waals surface area (Å²) in [6.07, 6.45) is -16.5. The van der Waals surface area contributed by atoms with E-state index in [0.29, 0.717) is 32.1 Å². The first-order valence-electron chi connectivity index (χ1n) is 27.9. The highest BCUT2D eigenvalue weighted by molar-refractivity contribution is 5.75. The number of unbranched alkanes of at least 4 members (excludes halogenated alkanes) is 11. The van der Waals surface area contributed by atoms with Gasteiger partial charge >= 0.3 is 11.9 Å². The number of aliphatic hydroxyl groups is 8. The molecule has 4 fully saturated rings. The summed E-state index contributed by atoms with van der Waals surface area (Å²) in [6.45, 7) is 10.3. The van der Waals surface area contributed by atoms with E-state index < -0.39 is 154 Å². The summed E-state index contributed by atoms with van der Waals surface area (Å²) < 4.78 is 68.3. The molecule has 21 atom stereocenters. The second-order valence-corrected chi connectivity index (χ2v) is 20.8. The molecule has 0 aromatic rings. The molecule has 4 aliphatic heterocycles. The molecule has 4 aliphatic rings. The van der Waals surface area contributed by atoms with Crippen LogP contribution < -0.4 is 0 Å². The fraction of sp³-hybridized carbons (Fsp3) is 0.943. The molecule has 0 aliphatic carbocycles. The van der Waals surface area contributed by atoms with Crippen molar-refractivity contribution in [3.05, 3.63) is 0 Å². The summed E-state index contributed by atoms with van der Waals surface area (Å²) in [5.74, 6) is -1.50. The molecule has 4 heterocycles. The zero-order valence-corrected chi connectivity index (χ0v) is 45.5. The molecule has 4 saturated heterocycles. The lowest BCUT2D eigenvalue weighted by Gasteiger charge is -2.50. The van der Waals surface area contributed by atoms with Gasteiger partial charge in [0, 0.05) is 26.4 Å². The van der Waals surface area contributed by atoms with E-state index >= 15 is 0 Å². The van der Waals surface area contributed by atoms with Crippen LogP contribution in [0.25, 0.3) is 0 Å². The number of hydrogen-bond acceptors (Lipinski definition) is 22. The Morgan fingerprint density at radius 3 is 1.68 bits per heavy atom. The van der Waals surface area contributed by atoms with Crippen molar-refractivity contribution >= 4 is 17.7 Å². The van der Waals surface area contributed by atoms with Gasteiger partial charge in [-0.25, -0.2) is 0 Å². The summed E-state index contributed by atoms with van der Waals surface area (Å²) in [7, 11) is 0. The van der Waals surface area contributed by atoms with E-state index in [-0.39, 0.29) is 18.8 Å². The molecular weight excluding hydrogens is 989 g/mol. The first-order valence-corrected chi connectivity index (χ1v) is 27.9. The Morgan fingerprint density at radius 2 is 1.07 bits per heavy atom. The van der Waals surface area contributed by atoms with Gasteiger partial charge in [-0.3, -0.25) is 9.59 Å². The van der Waals surface area contributed by atoms with Gasteiger partial charge in [0.2, 0.25) is 0 Å². The lowest BCUT2D eigenvalue weighted by molar-refractivity contribution is -0.398. The average Bonchev–Trinajstić information content (AvgIpc) is 3.37. The Balaban J connectivity index is 1.78. The van der Waals surface area contributed by atoms with Crippen molar-refractivity contribution < 1.29 is 107 Å². The maximum atomic E-state index is 13.7. The monoisotopic (exact) mass is 1080 g/mol. The van der Waals surface area contributed by atoms with Gasteiger partial charge < -0.3 is 97.8 Å². The minimum atomic E-state index is -1.85. The van der Waals surface area contributed by atoms with E-state index in [9.17, 15) is 55.2 Å². The molecule has 0 saturated carbocycles. The van der Waals surface area contributed by atoms with E-state index in [1.165, 1.54) is 13.8 Å². The van der Waals surface area contributed by atoms with Gasteiger partial charge in [-0.05, 0) is 52.9 Å². The van der Waals surface area contributed by atoms with Gasteiger partial charge in [-0.2, -0.15) is 0 Å². The summed E-state index contributed by atoms with van der Waals surface area (Å²) >= 11 is 0. The molecule has 22 heteroatoms. The van der Waals surface area contributed by atoms with Crippen LogP contribution in [0.5, 0.6) is 0 Å². The number of esters is 2. The second-order valence-electron chi connectivity index (χ2n) is 20.8. The average molecular weight is 1080 g/mol. The third kappa shape index (κ3) is 20.2. The molecule has 75 heavy (non-hydrogen) atoms. The predicted molar refractivity (Wildman–Crippen MR) is 266 cm³/mol. The summed E-state index contributed by atoms with van der Waals surface area (Å²) in [5, 5.41) is 88.7. The van der Waals surface area contributed by atoms with Crippen LogP contribution in [0.4, 0.5) is 0 Å². The van der Waals surface area contributed by atoms with Crippen molar-refractivity contribution in [3.63, 3.8) is 0 Å². The number of carbonyl (C=O) groups is 3. The van der Waals surface area contributed by atoms with Crippen LogP contribution in [0.15, 0.2) is 0 Å². The highest BCUT2D eigenvalue weighted by atomic mass is 16.8. The summed E-state index contributed by atoms with van der Waals surface area (Å²) in [5.41, 5.74) is 0. The van der Waals surface area contributed by atoms with Crippen LogP contribution in [0.3, 0.4) is 0 Å². The molecule has 8 N–H and O–H groups in total. The normalized spacial score (nSPS) is 36.7. The topological polar surface area (TPSA) is 315 Å². The minimum absolute atomic E-state index is 0.124. The Hall–Kier alpha value is -2.07. The van der Waals surface area contributed by atoms with Crippen LogP contribution in [0.1, 0.15) is 170 Å². The number of ether oxygens (including phenoxy) is 11. The molecule has 0 spiro atoms. The van der Waals surface area contributed by atoms with Crippen molar-refractivity contribution in [3.8, 4) is 0 Å². The Bertz CT molecular complexity index is 1610. The van der Waals surface area contributed by atoms with E-state index in [1.54, 1.807) is 13.8 Å². The second kappa shape index (κ2) is 34.2. The van der Waals surface area contributed by atoms with E-state index in [4.69, 9.17) is 52.1 Å². The Labute approximate surface area is 443 Å². The van der Waals surface area contributed by atoms with E-state index in [1.807, 2.05) is 6.92 Å². The highest BCUT2D eigenvalue weighted by Crippen LogP contribution is 2.37. The van der Waals surface area contributed by atoms with E-state index in [0.717, 1.165) is 90.4 Å². The number of Topliss-reactive ketones (excluding diaryl/α,β-unsaturated/α-hetero) is 1. The van der Waals surface area contributed by atoms with Crippen LogP contribution in [0, 0.1) is 0 Å². The lowest BCUT2D eigenvalue weighted by atomic mass is 9.95. The van der Waals surface area contributed by atoms with Crippen LogP contribution >= 0.6 is 0 Å². The highest BCUT2D eigenvalue weighted by Gasteiger charge is 2.58. The third-order valence-electron chi connectivity index (χ3n) is 14.4. The van der Waals surface area contributed by atoms with Gasteiger partial charge in [-0.15, -0.1) is 0 Å². The van der Waals surface area contributed by atoms with Crippen molar-refractivity contribution in [2.75, 3.05) is 19.8 Å². The largest absolute Gasteiger partial charge is 0.456 e. The first kappa shape index (κ1) is 65.4. The summed E-state index contributed by atoms with van der Waals surface area (Å²) in [4.78, 5) is 38.2. The minimum Gasteiger partial charge on any atom is -0.456 e. The number of aliphatic hydroxyl groups excluding tert-OH is 8. The molecule has 438 valence electrons. The van der Waals surface area contributed by atoms with Crippen molar-refractivity contribution in [2.45, 2.75) is 299 Å². The third-order valence-corrected chi connectivity index (χ3v) is 14.4. The number of ketones is 1. The molecule has 4 rings (SSSR count). The van der Waals surface area contributed by atoms with Crippen LogP contribution in [0.2, 0.25) is 0 Å². The SMILES string of the molecule is CCCCCCCCC[C@H](CCCCCCCC(C)=O)O[C@@H]1O[C@H](CO)[C@@H](O)[C@H](O)[C@H]1O[C@@H]1O[C@H](CO[C@@H]2O[C@H](C)[C@H](O)[C@H](O)[C@@H]2O)[C@@H](OC(C)=O)[C@H](OC(=O)CCC)[C@H]1O[C@@H]1O[C@@H](C)[C@H](O)[C@@H](OCCCC)[C@@H]1O. The molecule has 0 unspecified atom stereocenters. The zero-order chi connectivity index (χ0) is 55.2. The van der Waals surface area contributed by atoms with Gasteiger partial charge in [0.05, 0.1) is 31.5 Å². The fourth-order valence-electron chi connectivity index (χ4n) is 9.86. The van der Waals surface area contributed by atoms with E-state index in [2.05, 4.69) is 6.92 Å². The lowest BCUT2D eigenvalue weighted by Crippen LogP contribution is -2.68. The predicted octanol–water partition coefficient (Wildman–Crippen LogP) is 2.91. The zero-order valence-electron chi connectivity index (χ0n) is 45.5. The summed E-state index contributed by atoms with van der Waals surface area (Å²) in [6, 6.07) is 0. The maximum absolute atomic E-state index is 13.7. The van der Waals surface area contributed by atoms with Crippen molar-refractivity contribution in [1.82, 2.24) is 0 Å². The fourth-order valence-corrected chi connectivity index (χ4v) is 9.86. The molecule has 22 nitrogen and oxygen atoms in total. The molecule has 0 bridgehead atoms. The molecule has 0 aromatic carbocycles. The molecular formula is C53H94O22. The van der Waals surface area contributed by atoms with Gasteiger partial charge in [0.25, 0.3) is 0 Å². The number of hydrogen-bond donors (Lipinski definition) is 8. The molecule has 0 radical (unpaired) electrons.